The summed E-state index contributed by atoms with van der Waals surface area (Å²) in [5.41, 5.74) is 0. The minimum Gasteiger partial charge on any atom is -0.480 e. The van der Waals surface area contributed by atoms with Crippen molar-refractivity contribution >= 4 is 5.97 Å². The van der Waals surface area contributed by atoms with Crippen molar-refractivity contribution in [2.24, 2.45) is 0 Å². The van der Waals surface area contributed by atoms with Gasteiger partial charge in [0.2, 0.25) is 0 Å². The van der Waals surface area contributed by atoms with Crippen molar-refractivity contribution in [1.29, 1.82) is 0 Å². The van der Waals surface area contributed by atoms with E-state index in [1.165, 1.54) is 32.1 Å². The van der Waals surface area contributed by atoms with Gasteiger partial charge in [0.1, 0.15) is 6.61 Å². The van der Waals surface area contributed by atoms with Gasteiger partial charge in [0.15, 0.2) is 0 Å². The highest BCUT2D eigenvalue weighted by atomic mass is 16.4. The molecule has 0 aliphatic heterocycles. The zero-order valence-electron chi connectivity index (χ0n) is 8.12. The van der Waals surface area contributed by atoms with Crippen LogP contribution in [0.15, 0.2) is 0 Å². The van der Waals surface area contributed by atoms with Crippen molar-refractivity contribution in [3.63, 3.8) is 0 Å². The molecular formula is C9H19NO3. The number of rotatable bonds is 2. The Morgan fingerprint density at radius 2 is 1.85 bits per heavy atom. The highest BCUT2D eigenvalue weighted by Crippen LogP contribution is 2.16. The van der Waals surface area contributed by atoms with Crippen LogP contribution in [0.3, 0.4) is 0 Å². The van der Waals surface area contributed by atoms with Crippen LogP contribution in [0, 0.1) is 0 Å². The molecule has 0 spiro atoms. The van der Waals surface area contributed by atoms with Crippen molar-refractivity contribution < 1.29 is 15.0 Å². The molecule has 0 amide bonds. The lowest BCUT2D eigenvalue weighted by Crippen LogP contribution is -2.26. The topological polar surface area (TPSA) is 69.6 Å². The van der Waals surface area contributed by atoms with E-state index in [9.17, 15) is 0 Å². The summed E-state index contributed by atoms with van der Waals surface area (Å²) in [5, 5.41) is 18.3. The predicted molar refractivity (Wildman–Crippen MR) is 50.7 cm³/mol. The smallest absolute Gasteiger partial charge is 0.329 e. The molecule has 1 fully saturated rings. The number of aliphatic carboxylic acids is 1. The fourth-order valence-corrected chi connectivity index (χ4v) is 1.39. The predicted octanol–water partition coefficient (Wildman–Crippen LogP) is 0.602. The Morgan fingerprint density at radius 1 is 1.38 bits per heavy atom. The number of carboxylic acid groups (broad SMARTS) is 1. The van der Waals surface area contributed by atoms with Crippen molar-refractivity contribution in [3.05, 3.63) is 0 Å². The molecule has 0 unspecified atom stereocenters. The molecule has 1 rings (SSSR count). The van der Waals surface area contributed by atoms with Gasteiger partial charge in [-0.25, -0.2) is 4.79 Å². The van der Waals surface area contributed by atoms with Crippen LogP contribution in [0.2, 0.25) is 0 Å². The first-order chi connectivity index (χ1) is 6.20. The van der Waals surface area contributed by atoms with E-state index in [0.29, 0.717) is 0 Å². The average Bonchev–Trinajstić information content (AvgIpc) is 2.20. The van der Waals surface area contributed by atoms with Gasteiger partial charge in [-0.05, 0) is 19.9 Å². The molecular weight excluding hydrogens is 170 g/mol. The molecule has 0 heterocycles. The SMILES string of the molecule is CNC1CCCCC1.O=C(O)CO. The van der Waals surface area contributed by atoms with Gasteiger partial charge >= 0.3 is 5.97 Å². The van der Waals surface area contributed by atoms with Crippen LogP contribution in [-0.4, -0.2) is 35.9 Å². The number of nitrogens with one attached hydrogen (secondary N) is 1. The molecule has 0 aromatic rings. The van der Waals surface area contributed by atoms with E-state index in [1.807, 2.05) is 0 Å². The van der Waals surface area contributed by atoms with E-state index in [1.54, 1.807) is 0 Å². The minimum absolute atomic E-state index is 0.778. The third-order valence-corrected chi connectivity index (χ3v) is 2.15. The standard InChI is InChI=1S/C7H15N.C2H4O3/c1-8-7-5-3-2-4-6-7;3-1-2(4)5/h7-8H,2-6H2,1H3;3H,1H2,(H,4,5). The number of aliphatic hydroxyl groups excluding tert-OH is 1. The lowest BCUT2D eigenvalue weighted by molar-refractivity contribution is -0.140. The average molecular weight is 189 g/mol. The van der Waals surface area contributed by atoms with Gasteiger partial charge in [0, 0.05) is 6.04 Å². The van der Waals surface area contributed by atoms with Gasteiger partial charge in [-0.1, -0.05) is 19.3 Å². The number of hydrogen-bond acceptors (Lipinski definition) is 3. The molecule has 13 heavy (non-hydrogen) atoms. The monoisotopic (exact) mass is 189 g/mol. The number of carboxylic acids is 1. The fraction of sp³-hybridized carbons (Fsp3) is 0.889. The van der Waals surface area contributed by atoms with Gasteiger partial charge in [0.05, 0.1) is 0 Å². The Hall–Kier alpha value is -0.610. The fourth-order valence-electron chi connectivity index (χ4n) is 1.39. The number of hydrogen-bond donors (Lipinski definition) is 3. The summed E-state index contributed by atoms with van der Waals surface area (Å²) in [7, 11) is 2.07. The maximum Gasteiger partial charge on any atom is 0.329 e. The first-order valence-electron chi connectivity index (χ1n) is 4.70. The van der Waals surface area contributed by atoms with E-state index in [-0.39, 0.29) is 0 Å². The molecule has 0 saturated heterocycles. The van der Waals surface area contributed by atoms with Crippen molar-refractivity contribution in [1.82, 2.24) is 5.32 Å². The summed E-state index contributed by atoms with van der Waals surface area (Å²) in [6, 6.07) is 0.837. The van der Waals surface area contributed by atoms with E-state index < -0.39 is 12.6 Å². The van der Waals surface area contributed by atoms with Crippen LogP contribution in [0.1, 0.15) is 32.1 Å². The van der Waals surface area contributed by atoms with Gasteiger partial charge in [-0.2, -0.15) is 0 Å². The molecule has 1 saturated carbocycles. The summed E-state index contributed by atoms with van der Waals surface area (Å²) in [6.45, 7) is -0.778. The second kappa shape index (κ2) is 8.01. The van der Waals surface area contributed by atoms with Gasteiger partial charge in [-0.15, -0.1) is 0 Å². The van der Waals surface area contributed by atoms with Gasteiger partial charge in [0.25, 0.3) is 0 Å². The molecule has 78 valence electrons. The Morgan fingerprint density at radius 3 is 2.08 bits per heavy atom. The maximum absolute atomic E-state index is 9.12. The number of carbonyl (C=O) groups is 1. The minimum atomic E-state index is -1.19. The zero-order chi connectivity index (χ0) is 10.1. The first-order valence-corrected chi connectivity index (χ1v) is 4.70. The Kier molecular flexibility index (Phi) is 7.63. The maximum atomic E-state index is 9.12. The number of aliphatic hydroxyl groups is 1. The third-order valence-electron chi connectivity index (χ3n) is 2.15. The van der Waals surface area contributed by atoms with Crippen molar-refractivity contribution in [3.8, 4) is 0 Å². The second-order valence-electron chi connectivity index (χ2n) is 3.18. The van der Waals surface area contributed by atoms with E-state index in [0.717, 1.165) is 6.04 Å². The Bertz CT molecular complexity index is 133. The molecule has 4 heteroatoms. The molecule has 0 atom stereocenters. The second-order valence-corrected chi connectivity index (χ2v) is 3.18. The zero-order valence-corrected chi connectivity index (χ0v) is 8.12. The lowest BCUT2D eigenvalue weighted by Gasteiger charge is -2.20. The molecule has 1 aliphatic rings. The van der Waals surface area contributed by atoms with Crippen LogP contribution in [-0.2, 0) is 4.79 Å². The summed E-state index contributed by atoms with van der Waals surface area (Å²) < 4.78 is 0. The van der Waals surface area contributed by atoms with Crippen LogP contribution < -0.4 is 5.32 Å². The Balaban J connectivity index is 0.000000252. The highest BCUT2D eigenvalue weighted by Gasteiger charge is 2.09. The van der Waals surface area contributed by atoms with E-state index >= 15 is 0 Å². The summed E-state index contributed by atoms with van der Waals surface area (Å²) >= 11 is 0. The summed E-state index contributed by atoms with van der Waals surface area (Å²) in [5.74, 6) is -1.19. The highest BCUT2D eigenvalue weighted by molar-refractivity contribution is 5.67. The molecule has 0 radical (unpaired) electrons. The largest absolute Gasteiger partial charge is 0.480 e. The lowest BCUT2D eigenvalue weighted by atomic mass is 9.96. The van der Waals surface area contributed by atoms with E-state index in [4.69, 9.17) is 15.0 Å². The quantitative estimate of drug-likeness (QED) is 0.595. The van der Waals surface area contributed by atoms with Crippen LogP contribution in [0.4, 0.5) is 0 Å². The molecule has 1 aliphatic carbocycles. The summed E-state index contributed by atoms with van der Waals surface area (Å²) in [4.78, 5) is 9.12. The van der Waals surface area contributed by atoms with Crippen LogP contribution in [0.5, 0.6) is 0 Å². The molecule has 0 aromatic carbocycles. The van der Waals surface area contributed by atoms with Crippen molar-refractivity contribution in [2.75, 3.05) is 13.7 Å². The molecule has 3 N–H and O–H groups in total. The Labute approximate surface area is 79.0 Å². The van der Waals surface area contributed by atoms with Crippen LogP contribution >= 0.6 is 0 Å². The third kappa shape index (κ3) is 7.74. The molecule has 0 aromatic heterocycles. The van der Waals surface area contributed by atoms with Crippen molar-refractivity contribution in [2.45, 2.75) is 38.1 Å². The van der Waals surface area contributed by atoms with E-state index in [2.05, 4.69) is 12.4 Å². The molecule has 0 bridgehead atoms. The summed E-state index contributed by atoms with van der Waals surface area (Å²) in [6.07, 6.45) is 7.13. The van der Waals surface area contributed by atoms with Gasteiger partial charge in [-0.3, -0.25) is 0 Å². The van der Waals surface area contributed by atoms with Crippen LogP contribution in [0.25, 0.3) is 0 Å². The first kappa shape index (κ1) is 12.4. The molecule has 4 nitrogen and oxygen atoms in total. The van der Waals surface area contributed by atoms with Gasteiger partial charge < -0.3 is 15.5 Å². The normalized spacial score (nSPS) is 17.4.